The molecule has 12 heteroatoms. The highest BCUT2D eigenvalue weighted by Gasteiger charge is 2.30. The lowest BCUT2D eigenvalue weighted by atomic mass is 10.1. The van der Waals surface area contributed by atoms with E-state index in [9.17, 15) is 27.9 Å². The molecule has 184 valence electrons. The Balaban J connectivity index is 1.44. The number of benzene rings is 2. The molecule has 1 atom stereocenters. The number of aromatic amines is 1. The third kappa shape index (κ3) is 6.43. The summed E-state index contributed by atoms with van der Waals surface area (Å²) >= 11 is 0.920. The number of H-pyrrole nitrogens is 1. The molecule has 4 rings (SSSR count). The van der Waals surface area contributed by atoms with Gasteiger partial charge in [-0.25, -0.2) is 4.79 Å². The molecular weight excluding hydrogens is 491 g/mol. The first-order valence-corrected chi connectivity index (χ1v) is 11.0. The lowest BCUT2D eigenvalue weighted by molar-refractivity contribution is -0.137. The van der Waals surface area contributed by atoms with Crippen molar-refractivity contribution in [2.24, 2.45) is 0 Å². The summed E-state index contributed by atoms with van der Waals surface area (Å²) in [6.45, 7) is -0.213. The fourth-order valence-electron chi connectivity index (χ4n) is 3.18. The molecule has 0 spiro atoms. The fraction of sp³-hybridized carbons (Fsp3) is 0.217. The number of rotatable bonds is 9. The van der Waals surface area contributed by atoms with Crippen LogP contribution < -0.4 is 15.4 Å². The Hall–Kier alpha value is -3.77. The van der Waals surface area contributed by atoms with E-state index in [-0.39, 0.29) is 29.7 Å². The average Bonchev–Trinajstić information content (AvgIpc) is 3.38. The van der Waals surface area contributed by atoms with Gasteiger partial charge in [-0.15, -0.1) is 0 Å². The molecule has 35 heavy (non-hydrogen) atoms. The van der Waals surface area contributed by atoms with Crippen LogP contribution in [0.4, 0.5) is 13.2 Å². The van der Waals surface area contributed by atoms with Gasteiger partial charge in [0.1, 0.15) is 31.3 Å². The average molecular weight is 509 g/mol. The van der Waals surface area contributed by atoms with Crippen molar-refractivity contribution < 1.29 is 36.6 Å². The van der Waals surface area contributed by atoms with Gasteiger partial charge in [-0.05, 0) is 35.4 Å². The Morgan fingerprint density at radius 1 is 1.06 bits per heavy atom. The van der Waals surface area contributed by atoms with Gasteiger partial charge in [0.15, 0.2) is 5.76 Å². The van der Waals surface area contributed by atoms with Crippen molar-refractivity contribution in [1.29, 1.82) is 0 Å². The van der Waals surface area contributed by atoms with Crippen molar-refractivity contribution in [3.8, 4) is 11.6 Å². The number of ether oxygens (including phenoxy) is 2. The second-order valence-corrected chi connectivity index (χ2v) is 8.46. The molecule has 0 saturated carbocycles. The predicted molar refractivity (Wildman–Crippen MR) is 118 cm³/mol. The van der Waals surface area contributed by atoms with Gasteiger partial charge in [0.2, 0.25) is 5.88 Å². The normalized spacial score (nSPS) is 12.5. The van der Waals surface area contributed by atoms with E-state index < -0.39 is 23.7 Å². The van der Waals surface area contributed by atoms with Gasteiger partial charge < -0.3 is 23.4 Å². The number of alkyl halides is 3. The van der Waals surface area contributed by atoms with Crippen molar-refractivity contribution in [3.63, 3.8) is 0 Å². The number of halogens is 3. The highest BCUT2D eigenvalue weighted by Crippen LogP contribution is 2.31. The number of aromatic nitrogens is 1. The maximum absolute atomic E-state index is 12.9. The van der Waals surface area contributed by atoms with Gasteiger partial charge in [0.25, 0.3) is 0 Å². The molecule has 0 aliphatic heterocycles. The summed E-state index contributed by atoms with van der Waals surface area (Å²) < 4.78 is 59.6. The molecule has 2 heterocycles. The van der Waals surface area contributed by atoms with E-state index in [0.29, 0.717) is 22.6 Å². The minimum Gasteiger partial charge on any atom is -0.494 e. The largest absolute Gasteiger partial charge is 0.518 e. The Bertz CT molecular complexity index is 1370. The van der Waals surface area contributed by atoms with E-state index in [0.717, 1.165) is 35.3 Å². The molecule has 2 N–H and O–H groups in total. The highest BCUT2D eigenvalue weighted by atomic mass is 32.1. The second-order valence-electron chi connectivity index (χ2n) is 7.39. The zero-order valence-corrected chi connectivity index (χ0v) is 18.7. The summed E-state index contributed by atoms with van der Waals surface area (Å²) in [4.78, 5) is 24.9. The molecule has 0 aliphatic carbocycles. The Morgan fingerprint density at radius 3 is 2.34 bits per heavy atom. The van der Waals surface area contributed by atoms with Crippen LogP contribution in [0.2, 0.25) is 0 Å². The topological polar surface area (TPSA) is 115 Å². The Labute approximate surface area is 199 Å². The summed E-state index contributed by atoms with van der Waals surface area (Å²) in [6, 6.07) is 11.4. The lowest BCUT2D eigenvalue weighted by Gasteiger charge is -2.19. The van der Waals surface area contributed by atoms with Crippen molar-refractivity contribution in [1.82, 2.24) is 4.98 Å². The molecule has 1 unspecified atom stereocenters. The quantitative estimate of drug-likeness (QED) is 0.338. The van der Waals surface area contributed by atoms with Crippen LogP contribution >= 0.6 is 11.3 Å². The van der Waals surface area contributed by atoms with Crippen LogP contribution in [0.15, 0.2) is 73.2 Å². The van der Waals surface area contributed by atoms with Crippen molar-refractivity contribution in [3.05, 3.63) is 102 Å². The lowest BCUT2D eigenvalue weighted by Crippen LogP contribution is -2.15. The zero-order chi connectivity index (χ0) is 25.0. The number of hydrogen-bond acceptors (Lipinski definition) is 8. The summed E-state index contributed by atoms with van der Waals surface area (Å²) in [5.74, 6) is -0.473. The van der Waals surface area contributed by atoms with Crippen LogP contribution in [-0.2, 0) is 23.9 Å². The highest BCUT2D eigenvalue weighted by molar-refractivity contribution is 7.09. The molecule has 0 bridgehead atoms. The molecular formula is C23H18F3NO7S. The molecule has 0 aliphatic rings. The van der Waals surface area contributed by atoms with E-state index in [2.05, 4.69) is 9.40 Å². The number of aromatic hydroxyl groups is 1. The van der Waals surface area contributed by atoms with Crippen molar-refractivity contribution in [2.75, 3.05) is 6.61 Å². The first kappa shape index (κ1) is 24.4. The molecule has 2 aromatic carbocycles. The Morgan fingerprint density at radius 2 is 1.77 bits per heavy atom. The molecule has 2 aromatic heterocycles. The van der Waals surface area contributed by atoms with Crippen LogP contribution in [0.3, 0.4) is 0 Å². The molecule has 4 aromatic rings. The summed E-state index contributed by atoms with van der Waals surface area (Å²) in [7, 11) is 0. The van der Waals surface area contributed by atoms with Gasteiger partial charge in [-0.3, -0.25) is 9.78 Å². The molecule has 8 nitrogen and oxygen atoms in total. The van der Waals surface area contributed by atoms with E-state index in [1.165, 1.54) is 12.1 Å². The first-order valence-electron chi connectivity index (χ1n) is 10.2. The van der Waals surface area contributed by atoms with E-state index >= 15 is 0 Å². The summed E-state index contributed by atoms with van der Waals surface area (Å²) in [5, 5.41) is 9.72. The van der Waals surface area contributed by atoms with Gasteiger partial charge in [-0.2, -0.15) is 13.2 Å². The van der Waals surface area contributed by atoms with Crippen LogP contribution in [0.5, 0.6) is 11.6 Å². The minimum absolute atomic E-state index is 0.0486. The molecule has 0 fully saturated rings. The van der Waals surface area contributed by atoms with Crippen LogP contribution in [0.25, 0.3) is 0 Å². The van der Waals surface area contributed by atoms with Gasteiger partial charge >= 0.3 is 16.9 Å². The molecule has 0 saturated heterocycles. The van der Waals surface area contributed by atoms with Crippen LogP contribution in [0, 0.1) is 0 Å². The fourth-order valence-corrected chi connectivity index (χ4v) is 3.93. The molecule has 0 amide bonds. The smallest absolute Gasteiger partial charge is 0.494 e. The Kier molecular flexibility index (Phi) is 7.12. The van der Waals surface area contributed by atoms with Gasteiger partial charge in [0.05, 0.1) is 10.4 Å². The summed E-state index contributed by atoms with van der Waals surface area (Å²) in [6.07, 6.45) is -3.82. The summed E-state index contributed by atoms with van der Waals surface area (Å²) in [5.41, 5.74) is 0.461. The third-order valence-electron chi connectivity index (χ3n) is 4.93. The number of nitrogens with one attached hydrogen (secondary N) is 1. The predicted octanol–water partition coefficient (Wildman–Crippen LogP) is 4.63. The van der Waals surface area contributed by atoms with E-state index in [4.69, 9.17) is 13.9 Å². The second kappa shape index (κ2) is 10.2. The minimum atomic E-state index is -4.47. The SMILES string of the molecule is O=c1occ(COC(COc2ccc(Cc3sc(=O)[nH]c3O)cc2)c2ccc(C(F)(F)F)cc2)o1. The first-order chi connectivity index (χ1) is 16.7. The number of thiazole rings is 1. The molecule has 0 radical (unpaired) electrons. The maximum atomic E-state index is 12.9. The van der Waals surface area contributed by atoms with Gasteiger partial charge in [-0.1, -0.05) is 35.6 Å². The number of hydrogen-bond donors (Lipinski definition) is 2. The maximum Gasteiger partial charge on any atom is 0.518 e. The van der Waals surface area contributed by atoms with Crippen molar-refractivity contribution >= 4 is 11.3 Å². The van der Waals surface area contributed by atoms with Crippen molar-refractivity contribution in [2.45, 2.75) is 25.3 Å². The standard InChI is InChI=1S/C23H18F3NO7S/c24-23(25,26)15-5-3-14(4-6-15)18(32-10-17-11-33-22(30)34-17)12-31-16-7-1-13(2-8-16)9-19-20(28)27-21(29)35-19/h1-8,11,18,28H,9-10,12H2,(H,27,29). The monoisotopic (exact) mass is 509 g/mol. The van der Waals surface area contributed by atoms with Crippen LogP contribution in [0.1, 0.15) is 33.4 Å². The third-order valence-corrected chi connectivity index (χ3v) is 5.80. The van der Waals surface area contributed by atoms with E-state index in [1.54, 1.807) is 24.3 Å². The van der Waals surface area contributed by atoms with Gasteiger partial charge in [0, 0.05) is 6.42 Å². The zero-order valence-electron chi connectivity index (χ0n) is 17.8. The van der Waals surface area contributed by atoms with Crippen LogP contribution in [-0.4, -0.2) is 16.7 Å². The van der Waals surface area contributed by atoms with E-state index in [1.807, 2.05) is 0 Å².